The van der Waals surface area contributed by atoms with Crippen LogP contribution in [0.4, 0.5) is 5.69 Å². The maximum absolute atomic E-state index is 5.04. The predicted octanol–water partition coefficient (Wildman–Crippen LogP) is 1.03. The van der Waals surface area contributed by atoms with Crippen LogP contribution in [0.1, 0.15) is 12.6 Å². The first-order valence-corrected chi connectivity index (χ1v) is 4.59. The van der Waals surface area contributed by atoms with Crippen LogP contribution >= 0.6 is 12.2 Å². The molecule has 0 aliphatic carbocycles. The average Bonchev–Trinajstić information content (AvgIpc) is 2.37. The van der Waals surface area contributed by atoms with Crippen LogP contribution in [0.5, 0.6) is 0 Å². The van der Waals surface area contributed by atoms with Crippen molar-refractivity contribution in [1.82, 2.24) is 15.1 Å². The Morgan fingerprint density at radius 2 is 2.38 bits per heavy atom. The number of anilines is 1. The summed E-state index contributed by atoms with van der Waals surface area (Å²) in [5.74, 6) is 0. The molecule has 0 saturated heterocycles. The summed E-state index contributed by atoms with van der Waals surface area (Å²) in [6.07, 6.45) is 1.76. The van der Waals surface area contributed by atoms with E-state index < -0.39 is 0 Å². The van der Waals surface area contributed by atoms with Crippen molar-refractivity contribution in [3.8, 4) is 0 Å². The first-order chi connectivity index (χ1) is 6.15. The summed E-state index contributed by atoms with van der Waals surface area (Å²) in [5.41, 5.74) is 2.02. The Kier molecular flexibility index (Phi) is 3.25. The van der Waals surface area contributed by atoms with Crippen molar-refractivity contribution in [3.05, 3.63) is 11.9 Å². The normalized spacial score (nSPS) is 9.77. The van der Waals surface area contributed by atoms with E-state index in [1.54, 1.807) is 10.9 Å². The first-order valence-electron chi connectivity index (χ1n) is 4.18. The lowest BCUT2D eigenvalue weighted by atomic mass is 10.4. The molecule has 1 aromatic heterocycles. The average molecular weight is 198 g/mol. The monoisotopic (exact) mass is 198 g/mol. The molecule has 2 N–H and O–H groups in total. The Morgan fingerprint density at radius 3 is 2.85 bits per heavy atom. The van der Waals surface area contributed by atoms with Gasteiger partial charge in [0.25, 0.3) is 0 Å². The third-order valence-electron chi connectivity index (χ3n) is 1.82. The number of hydrogen-bond acceptors (Lipinski definition) is 2. The molecule has 0 radical (unpaired) electrons. The van der Waals surface area contributed by atoms with Gasteiger partial charge in [-0.2, -0.15) is 5.10 Å². The van der Waals surface area contributed by atoms with Gasteiger partial charge in [-0.1, -0.05) is 0 Å². The second-order valence-electron chi connectivity index (χ2n) is 2.75. The van der Waals surface area contributed by atoms with Crippen molar-refractivity contribution in [2.75, 3.05) is 11.9 Å². The van der Waals surface area contributed by atoms with Crippen LogP contribution in [0.15, 0.2) is 6.20 Å². The standard InChI is InChI=1S/C8H14N4S/c1-4-9-8(13)11-7-5-10-12(3)6(7)2/h5H,4H2,1-3H3,(H2,9,11,13). The van der Waals surface area contributed by atoms with Crippen molar-refractivity contribution in [1.29, 1.82) is 0 Å². The number of aryl methyl sites for hydroxylation is 1. The van der Waals surface area contributed by atoms with E-state index in [0.29, 0.717) is 5.11 Å². The van der Waals surface area contributed by atoms with Crippen LogP contribution in [0.25, 0.3) is 0 Å². The van der Waals surface area contributed by atoms with Gasteiger partial charge < -0.3 is 10.6 Å². The van der Waals surface area contributed by atoms with Crippen molar-refractivity contribution < 1.29 is 0 Å². The SMILES string of the molecule is CCNC(=S)Nc1cnn(C)c1C. The highest BCUT2D eigenvalue weighted by atomic mass is 32.1. The minimum absolute atomic E-state index is 0.638. The van der Waals surface area contributed by atoms with Crippen LogP contribution in [0, 0.1) is 6.92 Å². The Balaban J connectivity index is 2.64. The minimum atomic E-state index is 0.638. The van der Waals surface area contributed by atoms with Crippen LogP contribution in [0.2, 0.25) is 0 Å². The Hall–Kier alpha value is -1.10. The Morgan fingerprint density at radius 1 is 1.69 bits per heavy atom. The van der Waals surface area contributed by atoms with E-state index in [4.69, 9.17) is 12.2 Å². The summed E-state index contributed by atoms with van der Waals surface area (Å²) in [6.45, 7) is 4.82. The van der Waals surface area contributed by atoms with Gasteiger partial charge in [0.1, 0.15) is 0 Å². The molecule has 5 heteroatoms. The molecule has 0 atom stereocenters. The minimum Gasteiger partial charge on any atom is -0.363 e. The fraction of sp³-hybridized carbons (Fsp3) is 0.500. The van der Waals surface area contributed by atoms with Crippen molar-refractivity contribution >= 4 is 23.0 Å². The van der Waals surface area contributed by atoms with Crippen LogP contribution < -0.4 is 10.6 Å². The number of thiocarbonyl (C=S) groups is 1. The van der Waals surface area contributed by atoms with Crippen LogP contribution in [0.3, 0.4) is 0 Å². The van der Waals surface area contributed by atoms with Crippen LogP contribution in [-0.4, -0.2) is 21.4 Å². The van der Waals surface area contributed by atoms with Crippen molar-refractivity contribution in [3.63, 3.8) is 0 Å². The molecule has 13 heavy (non-hydrogen) atoms. The third-order valence-corrected chi connectivity index (χ3v) is 2.07. The second kappa shape index (κ2) is 4.23. The number of nitrogens with one attached hydrogen (secondary N) is 2. The lowest BCUT2D eigenvalue weighted by molar-refractivity contribution is 0.740. The molecule has 0 amide bonds. The molecular formula is C8H14N4S. The first kappa shape index (κ1) is 9.98. The molecule has 1 rings (SSSR count). The van der Waals surface area contributed by atoms with Gasteiger partial charge in [0.2, 0.25) is 0 Å². The zero-order chi connectivity index (χ0) is 9.84. The van der Waals surface area contributed by atoms with Gasteiger partial charge in [-0.3, -0.25) is 4.68 Å². The molecule has 0 fully saturated rings. The summed E-state index contributed by atoms with van der Waals surface area (Å²) < 4.78 is 1.80. The molecule has 4 nitrogen and oxygen atoms in total. The summed E-state index contributed by atoms with van der Waals surface area (Å²) in [4.78, 5) is 0. The van der Waals surface area contributed by atoms with Gasteiger partial charge in [-0.25, -0.2) is 0 Å². The van der Waals surface area contributed by atoms with Gasteiger partial charge >= 0.3 is 0 Å². The molecule has 0 bridgehead atoms. The molecule has 0 aliphatic rings. The van der Waals surface area contributed by atoms with Gasteiger partial charge in [-0.15, -0.1) is 0 Å². The van der Waals surface area contributed by atoms with E-state index in [1.165, 1.54) is 0 Å². The van der Waals surface area contributed by atoms with Crippen molar-refractivity contribution in [2.45, 2.75) is 13.8 Å². The number of rotatable bonds is 2. The summed E-state index contributed by atoms with van der Waals surface area (Å²) >= 11 is 5.04. The summed E-state index contributed by atoms with van der Waals surface area (Å²) in [6, 6.07) is 0. The van der Waals surface area contributed by atoms with Gasteiger partial charge in [0, 0.05) is 13.6 Å². The smallest absolute Gasteiger partial charge is 0.170 e. The molecule has 72 valence electrons. The molecule has 0 aliphatic heterocycles. The van der Waals surface area contributed by atoms with Crippen LogP contribution in [-0.2, 0) is 7.05 Å². The molecule has 0 spiro atoms. The second-order valence-corrected chi connectivity index (χ2v) is 3.16. The number of nitrogens with zero attached hydrogens (tertiary/aromatic N) is 2. The predicted molar refractivity (Wildman–Crippen MR) is 57.8 cm³/mol. The fourth-order valence-electron chi connectivity index (χ4n) is 0.948. The lowest BCUT2D eigenvalue weighted by Crippen LogP contribution is -2.28. The highest BCUT2D eigenvalue weighted by molar-refractivity contribution is 7.80. The maximum atomic E-state index is 5.04. The van der Waals surface area contributed by atoms with Gasteiger partial charge in [0.05, 0.1) is 17.6 Å². The van der Waals surface area contributed by atoms with E-state index in [2.05, 4.69) is 15.7 Å². The van der Waals surface area contributed by atoms with E-state index in [-0.39, 0.29) is 0 Å². The molecule has 1 aromatic rings. The van der Waals surface area contributed by atoms with Gasteiger partial charge in [-0.05, 0) is 26.1 Å². The molecule has 1 heterocycles. The fourth-order valence-corrected chi connectivity index (χ4v) is 1.20. The van der Waals surface area contributed by atoms with Gasteiger partial charge in [0.15, 0.2) is 5.11 Å². The maximum Gasteiger partial charge on any atom is 0.170 e. The molecule has 0 aromatic carbocycles. The summed E-state index contributed by atoms with van der Waals surface area (Å²) in [5, 5.41) is 10.8. The molecular weight excluding hydrogens is 184 g/mol. The molecule has 0 saturated carbocycles. The van der Waals surface area contributed by atoms with E-state index in [0.717, 1.165) is 17.9 Å². The topological polar surface area (TPSA) is 41.9 Å². The zero-order valence-corrected chi connectivity index (χ0v) is 8.90. The lowest BCUT2D eigenvalue weighted by Gasteiger charge is -2.07. The quantitative estimate of drug-likeness (QED) is 0.697. The Bertz CT molecular complexity index is 305. The highest BCUT2D eigenvalue weighted by Gasteiger charge is 2.03. The highest BCUT2D eigenvalue weighted by Crippen LogP contribution is 2.11. The summed E-state index contributed by atoms with van der Waals surface area (Å²) in [7, 11) is 1.90. The Labute approximate surface area is 83.3 Å². The largest absolute Gasteiger partial charge is 0.363 e. The van der Waals surface area contributed by atoms with E-state index >= 15 is 0 Å². The number of hydrogen-bond donors (Lipinski definition) is 2. The number of aromatic nitrogens is 2. The van der Waals surface area contributed by atoms with Crippen molar-refractivity contribution in [2.24, 2.45) is 7.05 Å². The zero-order valence-electron chi connectivity index (χ0n) is 8.09. The molecule has 0 unspecified atom stereocenters. The van der Waals surface area contributed by atoms with E-state index in [9.17, 15) is 0 Å². The third kappa shape index (κ3) is 2.42. The van der Waals surface area contributed by atoms with E-state index in [1.807, 2.05) is 20.9 Å².